The van der Waals surface area contributed by atoms with Crippen LogP contribution in [0.5, 0.6) is 0 Å². The van der Waals surface area contributed by atoms with Crippen LogP contribution in [0.15, 0.2) is 0 Å². The molecule has 2 N–H and O–H groups in total. The summed E-state index contributed by atoms with van der Waals surface area (Å²) in [5.74, 6) is 0.319. The van der Waals surface area contributed by atoms with Crippen molar-refractivity contribution < 1.29 is 18.5 Å². The summed E-state index contributed by atoms with van der Waals surface area (Å²) >= 11 is 0. The third kappa shape index (κ3) is 2.76. The first-order valence-corrected chi connectivity index (χ1v) is 5.39. The second-order valence-corrected chi connectivity index (χ2v) is 4.86. The lowest BCUT2D eigenvalue weighted by atomic mass is 10.4. The van der Waals surface area contributed by atoms with Crippen LogP contribution in [0, 0.1) is 7.05 Å². The number of sulfone groups is 1. The second-order valence-electron chi connectivity index (χ2n) is 2.63. The second kappa shape index (κ2) is 3.51. The normalized spacial score (nSPS) is 30.1. The SMILES string of the molecule is [CH2-][NH2+]CC1CS(=O)(=O)CCO1. The Labute approximate surface area is 66.8 Å². The van der Waals surface area contributed by atoms with E-state index in [0.29, 0.717) is 13.2 Å². The Hall–Kier alpha value is -0.130. The summed E-state index contributed by atoms with van der Waals surface area (Å²) in [6.45, 7) is 0.958. The Morgan fingerprint density at radius 1 is 1.64 bits per heavy atom. The molecule has 11 heavy (non-hydrogen) atoms. The largest absolute Gasteiger partial charge is 0.477 e. The van der Waals surface area contributed by atoms with E-state index in [4.69, 9.17) is 4.74 Å². The molecule has 5 heteroatoms. The maximum atomic E-state index is 11.0. The van der Waals surface area contributed by atoms with Gasteiger partial charge in [0, 0.05) is 0 Å². The summed E-state index contributed by atoms with van der Waals surface area (Å²) in [5.41, 5.74) is 0. The molecule has 4 nitrogen and oxygen atoms in total. The van der Waals surface area contributed by atoms with Gasteiger partial charge in [0.05, 0.1) is 24.7 Å². The fraction of sp³-hybridized carbons (Fsp3) is 0.833. The molecule has 1 aliphatic heterocycles. The van der Waals surface area contributed by atoms with Gasteiger partial charge in [-0.25, -0.2) is 8.42 Å². The van der Waals surface area contributed by atoms with E-state index in [2.05, 4.69) is 7.05 Å². The topological polar surface area (TPSA) is 60.0 Å². The van der Waals surface area contributed by atoms with E-state index in [1.54, 1.807) is 5.32 Å². The zero-order valence-electron chi connectivity index (χ0n) is 6.32. The third-order valence-corrected chi connectivity index (χ3v) is 3.29. The van der Waals surface area contributed by atoms with Crippen molar-refractivity contribution in [3.05, 3.63) is 7.05 Å². The molecule has 0 bridgehead atoms. The van der Waals surface area contributed by atoms with E-state index in [1.807, 2.05) is 0 Å². The van der Waals surface area contributed by atoms with E-state index in [0.717, 1.165) is 0 Å². The van der Waals surface area contributed by atoms with Gasteiger partial charge in [-0.2, -0.15) is 7.05 Å². The molecule has 66 valence electrons. The van der Waals surface area contributed by atoms with Crippen molar-refractivity contribution in [1.82, 2.24) is 0 Å². The van der Waals surface area contributed by atoms with Gasteiger partial charge in [0.25, 0.3) is 0 Å². The molecular formula is C6H13NO3S. The molecule has 1 unspecified atom stereocenters. The highest BCUT2D eigenvalue weighted by Crippen LogP contribution is 2.04. The summed E-state index contributed by atoms with van der Waals surface area (Å²) in [5, 5.41) is 1.69. The molecular weight excluding hydrogens is 166 g/mol. The average Bonchev–Trinajstić information content (AvgIpc) is 1.85. The molecule has 0 amide bonds. The van der Waals surface area contributed by atoms with Gasteiger partial charge in [-0.15, -0.1) is 0 Å². The van der Waals surface area contributed by atoms with Gasteiger partial charge >= 0.3 is 0 Å². The number of nitrogens with two attached hydrogens (primary N) is 1. The summed E-state index contributed by atoms with van der Waals surface area (Å²) in [7, 11) is 0.701. The van der Waals surface area contributed by atoms with Crippen LogP contribution in [-0.2, 0) is 14.6 Å². The number of quaternary nitrogens is 1. The molecule has 0 aliphatic carbocycles. The maximum Gasteiger partial charge on any atom is 0.155 e. The summed E-state index contributed by atoms with van der Waals surface area (Å²) in [6.07, 6.45) is -0.161. The standard InChI is InChI=1S/C6H13NO3S/c1-7-4-6-5-11(8,9)3-2-10-6/h6H,1-5,7H2. The fourth-order valence-corrected chi connectivity index (χ4v) is 2.39. The number of hydrogen-bond acceptors (Lipinski definition) is 3. The molecule has 1 aliphatic rings. The Bertz CT molecular complexity index is 210. The van der Waals surface area contributed by atoms with Gasteiger partial charge in [0.15, 0.2) is 9.84 Å². The van der Waals surface area contributed by atoms with E-state index in [9.17, 15) is 8.42 Å². The molecule has 0 aromatic rings. The molecule has 1 rings (SSSR count). The van der Waals surface area contributed by atoms with Gasteiger partial charge in [-0.3, -0.25) is 0 Å². The minimum absolute atomic E-state index is 0.152. The quantitative estimate of drug-likeness (QED) is 0.506. The van der Waals surface area contributed by atoms with Gasteiger partial charge in [0.2, 0.25) is 0 Å². The molecule has 0 aromatic heterocycles. The Kier molecular flexibility index (Phi) is 2.86. The molecule has 1 atom stereocenters. The molecule has 1 saturated heterocycles. The minimum atomic E-state index is -2.83. The van der Waals surface area contributed by atoms with Gasteiger partial charge < -0.3 is 10.1 Å². The molecule has 0 saturated carbocycles. The van der Waals surface area contributed by atoms with Crippen molar-refractivity contribution in [2.45, 2.75) is 6.10 Å². The van der Waals surface area contributed by atoms with Gasteiger partial charge in [-0.05, 0) is 0 Å². The van der Waals surface area contributed by atoms with E-state index < -0.39 is 9.84 Å². The van der Waals surface area contributed by atoms with E-state index >= 15 is 0 Å². The van der Waals surface area contributed by atoms with Crippen molar-refractivity contribution in [1.29, 1.82) is 0 Å². The number of hydrogen-bond donors (Lipinski definition) is 1. The van der Waals surface area contributed by atoms with Crippen molar-refractivity contribution in [2.75, 3.05) is 24.7 Å². The minimum Gasteiger partial charge on any atom is -0.477 e. The molecule has 0 aromatic carbocycles. The lowest BCUT2D eigenvalue weighted by molar-refractivity contribution is -0.603. The number of rotatable bonds is 2. The lowest BCUT2D eigenvalue weighted by Gasteiger charge is -2.21. The first kappa shape index (κ1) is 8.96. The first-order valence-electron chi connectivity index (χ1n) is 3.57. The number of ether oxygens (including phenoxy) is 1. The molecule has 1 heterocycles. The maximum absolute atomic E-state index is 11.0. The smallest absolute Gasteiger partial charge is 0.155 e. The van der Waals surface area contributed by atoms with Crippen molar-refractivity contribution in [2.24, 2.45) is 0 Å². The molecule has 0 radical (unpaired) electrons. The van der Waals surface area contributed by atoms with Crippen molar-refractivity contribution in [3.8, 4) is 0 Å². The third-order valence-electron chi connectivity index (χ3n) is 1.62. The monoisotopic (exact) mass is 179 g/mol. The van der Waals surface area contributed by atoms with Crippen LogP contribution in [0.25, 0.3) is 0 Å². The van der Waals surface area contributed by atoms with Gasteiger partial charge in [0.1, 0.15) is 6.10 Å². The van der Waals surface area contributed by atoms with Crippen LogP contribution in [0.3, 0.4) is 0 Å². The van der Waals surface area contributed by atoms with Crippen LogP contribution < -0.4 is 5.32 Å². The van der Waals surface area contributed by atoms with Crippen molar-refractivity contribution in [3.63, 3.8) is 0 Å². The summed E-state index contributed by atoms with van der Waals surface area (Å²) < 4.78 is 27.2. The molecule has 1 fully saturated rings. The van der Waals surface area contributed by atoms with Crippen LogP contribution in [0.1, 0.15) is 0 Å². The molecule has 0 spiro atoms. The Morgan fingerprint density at radius 3 is 2.91 bits per heavy atom. The predicted molar refractivity (Wildman–Crippen MR) is 40.5 cm³/mol. The van der Waals surface area contributed by atoms with Crippen LogP contribution in [0.2, 0.25) is 0 Å². The van der Waals surface area contributed by atoms with E-state index in [1.165, 1.54) is 0 Å². The van der Waals surface area contributed by atoms with Crippen molar-refractivity contribution >= 4 is 9.84 Å². The van der Waals surface area contributed by atoms with E-state index in [-0.39, 0.29) is 17.6 Å². The Balaban J connectivity index is 2.47. The van der Waals surface area contributed by atoms with Crippen LogP contribution in [0.4, 0.5) is 0 Å². The average molecular weight is 179 g/mol. The lowest BCUT2D eigenvalue weighted by Crippen LogP contribution is -2.80. The fourth-order valence-electron chi connectivity index (χ4n) is 1.08. The summed E-state index contributed by atoms with van der Waals surface area (Å²) in [4.78, 5) is 0. The zero-order chi connectivity index (χ0) is 8.32. The zero-order valence-corrected chi connectivity index (χ0v) is 7.14. The van der Waals surface area contributed by atoms with Crippen LogP contribution >= 0.6 is 0 Å². The highest BCUT2D eigenvalue weighted by atomic mass is 32.2. The van der Waals surface area contributed by atoms with Gasteiger partial charge in [-0.1, -0.05) is 0 Å². The first-order chi connectivity index (χ1) is 5.14. The highest BCUT2D eigenvalue weighted by Gasteiger charge is 2.25. The Morgan fingerprint density at radius 2 is 2.36 bits per heavy atom. The highest BCUT2D eigenvalue weighted by molar-refractivity contribution is 7.91. The predicted octanol–water partition coefficient (Wildman–Crippen LogP) is -1.85. The van der Waals surface area contributed by atoms with Crippen LogP contribution in [-0.4, -0.2) is 39.2 Å². The summed E-state index contributed by atoms with van der Waals surface area (Å²) in [6, 6.07) is 0.